The third-order valence-electron chi connectivity index (χ3n) is 4.66. The highest BCUT2D eigenvalue weighted by Crippen LogP contribution is 2.35. The first-order valence-corrected chi connectivity index (χ1v) is 8.86. The van der Waals surface area contributed by atoms with E-state index in [9.17, 15) is 4.79 Å². The van der Waals surface area contributed by atoms with Crippen LogP contribution in [-0.4, -0.2) is 28.5 Å². The zero-order chi connectivity index (χ0) is 18.6. The number of aromatic nitrogens is 2. The van der Waals surface area contributed by atoms with Crippen molar-refractivity contribution in [2.24, 2.45) is 0 Å². The molecule has 2 atom stereocenters. The SMILES string of the molecule is C[C@@H](NC(=O)c1cccc(Nc2cnccn2)c1)[C@H]1COc2ccccc21. The number of fused-ring (bicyclic) bond motifs is 1. The molecule has 2 heterocycles. The van der Waals surface area contributed by atoms with Crippen molar-refractivity contribution in [2.45, 2.75) is 18.9 Å². The maximum absolute atomic E-state index is 12.7. The van der Waals surface area contributed by atoms with E-state index < -0.39 is 0 Å². The van der Waals surface area contributed by atoms with E-state index in [0.29, 0.717) is 18.0 Å². The first kappa shape index (κ1) is 17.0. The highest BCUT2D eigenvalue weighted by Gasteiger charge is 2.29. The van der Waals surface area contributed by atoms with Crippen LogP contribution in [0.2, 0.25) is 0 Å². The van der Waals surface area contributed by atoms with Gasteiger partial charge < -0.3 is 15.4 Å². The molecule has 1 aromatic heterocycles. The Hall–Kier alpha value is -3.41. The first-order chi connectivity index (χ1) is 13.2. The van der Waals surface area contributed by atoms with Crippen molar-refractivity contribution in [1.82, 2.24) is 15.3 Å². The summed E-state index contributed by atoms with van der Waals surface area (Å²) in [6, 6.07) is 15.3. The summed E-state index contributed by atoms with van der Waals surface area (Å²) in [4.78, 5) is 20.9. The number of rotatable bonds is 5. The molecule has 0 spiro atoms. The van der Waals surface area contributed by atoms with Crippen LogP contribution in [0.5, 0.6) is 5.75 Å². The van der Waals surface area contributed by atoms with Crippen LogP contribution < -0.4 is 15.4 Å². The molecule has 27 heavy (non-hydrogen) atoms. The summed E-state index contributed by atoms with van der Waals surface area (Å²) >= 11 is 0. The fraction of sp³-hybridized carbons (Fsp3) is 0.190. The van der Waals surface area contributed by atoms with E-state index >= 15 is 0 Å². The largest absolute Gasteiger partial charge is 0.493 e. The predicted molar refractivity (Wildman–Crippen MR) is 103 cm³/mol. The summed E-state index contributed by atoms with van der Waals surface area (Å²) in [5, 5.41) is 6.24. The van der Waals surface area contributed by atoms with E-state index in [1.54, 1.807) is 30.7 Å². The second-order valence-electron chi connectivity index (χ2n) is 6.51. The minimum atomic E-state index is -0.116. The number of hydrogen-bond donors (Lipinski definition) is 2. The first-order valence-electron chi connectivity index (χ1n) is 8.86. The third-order valence-corrected chi connectivity index (χ3v) is 4.66. The monoisotopic (exact) mass is 360 g/mol. The van der Waals surface area contributed by atoms with Crippen LogP contribution in [0.15, 0.2) is 67.1 Å². The molecule has 0 saturated carbocycles. The number of nitrogens with one attached hydrogen (secondary N) is 2. The molecule has 0 saturated heterocycles. The van der Waals surface area contributed by atoms with Crippen LogP contribution in [0.4, 0.5) is 11.5 Å². The highest BCUT2D eigenvalue weighted by atomic mass is 16.5. The molecule has 6 heteroatoms. The Morgan fingerprint density at radius 3 is 2.93 bits per heavy atom. The molecule has 6 nitrogen and oxygen atoms in total. The standard InChI is InChI=1S/C21H20N4O2/c1-14(18-13-27-19-8-3-2-7-17(18)19)24-21(26)15-5-4-6-16(11-15)25-20-12-22-9-10-23-20/h2-12,14,18H,13H2,1H3,(H,23,25)(H,24,26)/t14-,18-/m1/s1. The van der Waals surface area contributed by atoms with Crippen molar-refractivity contribution in [3.05, 3.63) is 78.2 Å². The molecule has 1 aliphatic rings. The van der Waals surface area contributed by atoms with Gasteiger partial charge in [0.15, 0.2) is 0 Å². The Morgan fingerprint density at radius 1 is 1.19 bits per heavy atom. The quantitative estimate of drug-likeness (QED) is 0.728. The van der Waals surface area contributed by atoms with Gasteiger partial charge in [-0.15, -0.1) is 0 Å². The summed E-state index contributed by atoms with van der Waals surface area (Å²) in [5.74, 6) is 1.56. The fourth-order valence-corrected chi connectivity index (χ4v) is 3.24. The normalized spacial score (nSPS) is 16.1. The van der Waals surface area contributed by atoms with Gasteiger partial charge in [0.25, 0.3) is 5.91 Å². The van der Waals surface area contributed by atoms with Gasteiger partial charge in [0.05, 0.1) is 12.8 Å². The minimum Gasteiger partial charge on any atom is -0.493 e. The number of ether oxygens (including phenoxy) is 1. The summed E-state index contributed by atoms with van der Waals surface area (Å²) < 4.78 is 5.73. The number of anilines is 2. The molecule has 0 bridgehead atoms. The number of carbonyl (C=O) groups is 1. The third kappa shape index (κ3) is 3.74. The molecular weight excluding hydrogens is 340 g/mol. The van der Waals surface area contributed by atoms with Crippen LogP contribution >= 0.6 is 0 Å². The van der Waals surface area contributed by atoms with Crippen LogP contribution in [0, 0.1) is 0 Å². The number of para-hydroxylation sites is 1. The minimum absolute atomic E-state index is 0.0437. The van der Waals surface area contributed by atoms with Crippen molar-refractivity contribution in [1.29, 1.82) is 0 Å². The van der Waals surface area contributed by atoms with Gasteiger partial charge in [0, 0.05) is 41.2 Å². The summed E-state index contributed by atoms with van der Waals surface area (Å²) in [7, 11) is 0. The highest BCUT2D eigenvalue weighted by molar-refractivity contribution is 5.95. The smallest absolute Gasteiger partial charge is 0.251 e. The molecular formula is C21H20N4O2. The molecule has 0 radical (unpaired) electrons. The van der Waals surface area contributed by atoms with Gasteiger partial charge in [-0.05, 0) is 31.2 Å². The Bertz CT molecular complexity index is 946. The summed E-state index contributed by atoms with van der Waals surface area (Å²) in [5.41, 5.74) is 2.51. The Morgan fingerprint density at radius 2 is 2.07 bits per heavy atom. The van der Waals surface area contributed by atoms with E-state index in [4.69, 9.17) is 4.74 Å². The van der Waals surface area contributed by atoms with Gasteiger partial charge in [0.2, 0.25) is 0 Å². The van der Waals surface area contributed by atoms with Gasteiger partial charge >= 0.3 is 0 Å². The van der Waals surface area contributed by atoms with E-state index in [0.717, 1.165) is 17.0 Å². The Labute approximate surface area is 157 Å². The summed E-state index contributed by atoms with van der Waals surface area (Å²) in [6.45, 7) is 2.59. The second-order valence-corrected chi connectivity index (χ2v) is 6.51. The molecule has 1 amide bonds. The molecule has 0 unspecified atom stereocenters. The number of carbonyl (C=O) groups excluding carboxylic acids is 1. The number of hydrogen-bond acceptors (Lipinski definition) is 5. The Balaban J connectivity index is 1.45. The number of amides is 1. The van der Waals surface area contributed by atoms with E-state index in [1.165, 1.54) is 0 Å². The van der Waals surface area contributed by atoms with Crippen LogP contribution in [0.1, 0.15) is 28.8 Å². The molecule has 2 N–H and O–H groups in total. The fourth-order valence-electron chi connectivity index (χ4n) is 3.24. The van der Waals surface area contributed by atoms with Crippen LogP contribution in [-0.2, 0) is 0 Å². The number of benzene rings is 2. The van der Waals surface area contributed by atoms with Gasteiger partial charge in [-0.2, -0.15) is 0 Å². The summed E-state index contributed by atoms with van der Waals surface area (Å²) in [6.07, 6.45) is 4.86. The van der Waals surface area contributed by atoms with E-state index in [2.05, 4.69) is 26.7 Å². The van der Waals surface area contributed by atoms with Crippen molar-refractivity contribution in [3.63, 3.8) is 0 Å². The second kappa shape index (κ2) is 7.45. The topological polar surface area (TPSA) is 76.1 Å². The van der Waals surface area contributed by atoms with Gasteiger partial charge in [0.1, 0.15) is 11.6 Å². The molecule has 3 aromatic rings. The maximum Gasteiger partial charge on any atom is 0.251 e. The van der Waals surface area contributed by atoms with Crippen molar-refractivity contribution < 1.29 is 9.53 Å². The lowest BCUT2D eigenvalue weighted by molar-refractivity contribution is 0.0932. The van der Waals surface area contributed by atoms with Gasteiger partial charge in [-0.3, -0.25) is 9.78 Å². The van der Waals surface area contributed by atoms with Crippen LogP contribution in [0.3, 0.4) is 0 Å². The lowest BCUT2D eigenvalue weighted by atomic mass is 9.94. The molecule has 0 aliphatic carbocycles. The van der Waals surface area contributed by atoms with E-state index in [-0.39, 0.29) is 17.9 Å². The van der Waals surface area contributed by atoms with Crippen molar-refractivity contribution in [3.8, 4) is 5.75 Å². The zero-order valence-electron chi connectivity index (χ0n) is 14.9. The average molecular weight is 360 g/mol. The lowest BCUT2D eigenvalue weighted by Gasteiger charge is -2.20. The van der Waals surface area contributed by atoms with Crippen molar-refractivity contribution in [2.75, 3.05) is 11.9 Å². The predicted octanol–water partition coefficient (Wildman–Crippen LogP) is 3.51. The van der Waals surface area contributed by atoms with Crippen molar-refractivity contribution >= 4 is 17.4 Å². The average Bonchev–Trinajstić information content (AvgIpc) is 3.13. The number of nitrogens with zero attached hydrogens (tertiary/aromatic N) is 2. The molecule has 0 fully saturated rings. The van der Waals surface area contributed by atoms with Crippen LogP contribution in [0.25, 0.3) is 0 Å². The van der Waals surface area contributed by atoms with Gasteiger partial charge in [-0.25, -0.2) is 4.98 Å². The Kier molecular flexibility index (Phi) is 4.70. The molecule has 2 aromatic carbocycles. The molecule has 136 valence electrons. The van der Waals surface area contributed by atoms with E-state index in [1.807, 2.05) is 37.3 Å². The molecule has 1 aliphatic heterocycles. The zero-order valence-corrected chi connectivity index (χ0v) is 14.9. The molecule has 4 rings (SSSR count). The maximum atomic E-state index is 12.7. The van der Waals surface area contributed by atoms with Gasteiger partial charge in [-0.1, -0.05) is 24.3 Å². The lowest BCUT2D eigenvalue weighted by Crippen LogP contribution is -2.37.